The van der Waals surface area contributed by atoms with Crippen LogP contribution in [0.15, 0.2) is 60.9 Å². The Balaban J connectivity index is 1.62. The average Bonchev–Trinajstić information content (AvgIpc) is 3.34. The summed E-state index contributed by atoms with van der Waals surface area (Å²) < 4.78 is 9.19. The van der Waals surface area contributed by atoms with Gasteiger partial charge in [-0.2, -0.15) is 5.10 Å². The first kappa shape index (κ1) is 19.2. The van der Waals surface area contributed by atoms with Crippen molar-refractivity contribution in [3.8, 4) is 0 Å². The van der Waals surface area contributed by atoms with Crippen LogP contribution in [0.4, 0.5) is 5.69 Å². The fourth-order valence-electron chi connectivity index (χ4n) is 3.15. The smallest absolute Gasteiger partial charge is 0.255 e. The number of nitrogens with zero attached hydrogens (tertiary/aromatic N) is 4. The first-order chi connectivity index (χ1) is 14.1. The maximum absolute atomic E-state index is 12.5. The molecule has 0 unspecified atom stereocenters. The fourth-order valence-corrected chi connectivity index (χ4v) is 3.28. The molecule has 1 amide bonds. The number of rotatable bonds is 7. The minimum atomic E-state index is -0.198. The van der Waals surface area contributed by atoms with Gasteiger partial charge in [-0.25, -0.2) is 4.98 Å². The molecule has 0 spiro atoms. The van der Waals surface area contributed by atoms with E-state index in [-0.39, 0.29) is 5.91 Å². The van der Waals surface area contributed by atoms with Gasteiger partial charge in [-0.15, -0.1) is 0 Å². The van der Waals surface area contributed by atoms with Crippen molar-refractivity contribution >= 4 is 34.2 Å². The van der Waals surface area contributed by atoms with Gasteiger partial charge in [-0.1, -0.05) is 11.6 Å². The Bertz CT molecular complexity index is 1120. The molecule has 1 N–H and O–H groups in total. The maximum Gasteiger partial charge on any atom is 0.255 e. The summed E-state index contributed by atoms with van der Waals surface area (Å²) >= 11 is 5.89. The lowest BCUT2D eigenvalue weighted by Crippen LogP contribution is -2.12. The highest BCUT2D eigenvalue weighted by Crippen LogP contribution is 2.22. The number of hydrogen-bond donors (Lipinski definition) is 1. The lowest BCUT2D eigenvalue weighted by molar-refractivity contribution is 0.102. The molecule has 0 saturated carbocycles. The predicted molar refractivity (Wildman–Crippen MR) is 112 cm³/mol. The topological polar surface area (TPSA) is 74.0 Å². The third-order valence-corrected chi connectivity index (χ3v) is 4.83. The zero-order chi connectivity index (χ0) is 20.2. The summed E-state index contributed by atoms with van der Waals surface area (Å²) in [5.74, 6) is 0.679. The molecular formula is C21H20ClN5O2. The molecule has 4 rings (SSSR count). The van der Waals surface area contributed by atoms with Crippen molar-refractivity contribution in [1.29, 1.82) is 0 Å². The van der Waals surface area contributed by atoms with E-state index in [1.54, 1.807) is 37.6 Å². The molecule has 2 aromatic heterocycles. The molecule has 148 valence electrons. The van der Waals surface area contributed by atoms with E-state index in [4.69, 9.17) is 21.3 Å². The quantitative estimate of drug-likeness (QED) is 0.503. The van der Waals surface area contributed by atoms with Gasteiger partial charge in [0.1, 0.15) is 5.82 Å². The molecule has 4 aromatic rings. The van der Waals surface area contributed by atoms with E-state index in [0.29, 0.717) is 36.0 Å². The van der Waals surface area contributed by atoms with E-state index in [2.05, 4.69) is 15.0 Å². The summed E-state index contributed by atoms with van der Waals surface area (Å²) in [6.45, 7) is 1.81. The van der Waals surface area contributed by atoms with Crippen LogP contribution in [0.1, 0.15) is 16.2 Å². The second-order valence-electron chi connectivity index (χ2n) is 6.54. The Morgan fingerprint density at radius 2 is 2.03 bits per heavy atom. The number of carbonyl (C=O) groups is 1. The highest BCUT2D eigenvalue weighted by molar-refractivity contribution is 6.30. The maximum atomic E-state index is 12.5. The van der Waals surface area contributed by atoms with Crippen LogP contribution in [0.2, 0.25) is 5.02 Å². The Kier molecular flexibility index (Phi) is 5.59. The molecule has 0 aliphatic heterocycles. The Labute approximate surface area is 172 Å². The number of hydrogen-bond acceptors (Lipinski definition) is 4. The summed E-state index contributed by atoms with van der Waals surface area (Å²) in [7, 11) is 1.68. The Hall–Kier alpha value is -3.16. The van der Waals surface area contributed by atoms with Crippen LogP contribution < -0.4 is 5.32 Å². The second-order valence-corrected chi connectivity index (χ2v) is 6.98. The summed E-state index contributed by atoms with van der Waals surface area (Å²) in [4.78, 5) is 17.2. The van der Waals surface area contributed by atoms with Crippen LogP contribution in [0, 0.1) is 0 Å². The van der Waals surface area contributed by atoms with E-state index >= 15 is 0 Å². The van der Waals surface area contributed by atoms with Gasteiger partial charge < -0.3 is 14.6 Å². The molecule has 8 heteroatoms. The largest absolute Gasteiger partial charge is 0.383 e. The molecule has 0 radical (unpaired) electrons. The molecule has 7 nitrogen and oxygen atoms in total. The number of aromatic nitrogens is 4. The summed E-state index contributed by atoms with van der Waals surface area (Å²) in [6, 6.07) is 14.4. The summed E-state index contributed by atoms with van der Waals surface area (Å²) in [6.07, 6.45) is 3.64. The van der Waals surface area contributed by atoms with Crippen molar-refractivity contribution in [2.75, 3.05) is 19.0 Å². The van der Waals surface area contributed by atoms with Crippen LogP contribution >= 0.6 is 11.6 Å². The number of ether oxygens (including phenoxy) is 1. The molecule has 0 atom stereocenters. The van der Waals surface area contributed by atoms with Crippen molar-refractivity contribution in [1.82, 2.24) is 19.3 Å². The number of imidazole rings is 1. The number of nitrogens with one attached hydrogen (secondary N) is 1. The molecule has 29 heavy (non-hydrogen) atoms. The normalized spacial score (nSPS) is 11.1. The van der Waals surface area contributed by atoms with Crippen LogP contribution in [-0.4, -0.2) is 39.0 Å². The van der Waals surface area contributed by atoms with Gasteiger partial charge in [0, 0.05) is 42.3 Å². The van der Waals surface area contributed by atoms with Gasteiger partial charge in [0.05, 0.1) is 24.2 Å². The Morgan fingerprint density at radius 1 is 1.21 bits per heavy atom. The van der Waals surface area contributed by atoms with Gasteiger partial charge in [-0.3, -0.25) is 9.48 Å². The first-order valence-electron chi connectivity index (χ1n) is 9.16. The van der Waals surface area contributed by atoms with Crippen molar-refractivity contribution in [2.45, 2.75) is 13.1 Å². The minimum absolute atomic E-state index is 0.198. The van der Waals surface area contributed by atoms with E-state index in [1.807, 2.05) is 35.1 Å². The second kappa shape index (κ2) is 8.46. The number of amides is 1. The summed E-state index contributed by atoms with van der Waals surface area (Å²) in [5.41, 5.74) is 3.00. The van der Waals surface area contributed by atoms with Crippen molar-refractivity contribution < 1.29 is 9.53 Å². The van der Waals surface area contributed by atoms with E-state index < -0.39 is 0 Å². The SMILES string of the molecule is COCCn1c(Cn2cccn2)nc2cc(NC(=O)c3ccc(Cl)cc3)ccc21. The van der Waals surface area contributed by atoms with Crippen molar-refractivity contribution in [3.05, 3.63) is 77.3 Å². The lowest BCUT2D eigenvalue weighted by atomic mass is 10.2. The summed E-state index contributed by atoms with van der Waals surface area (Å²) in [5, 5.41) is 7.77. The predicted octanol–water partition coefficient (Wildman–Crippen LogP) is 3.83. The Morgan fingerprint density at radius 3 is 2.76 bits per heavy atom. The number of benzene rings is 2. The highest BCUT2D eigenvalue weighted by Gasteiger charge is 2.13. The van der Waals surface area contributed by atoms with Crippen molar-refractivity contribution in [3.63, 3.8) is 0 Å². The van der Waals surface area contributed by atoms with Crippen LogP contribution in [0.5, 0.6) is 0 Å². The number of methoxy groups -OCH3 is 1. The van der Waals surface area contributed by atoms with Crippen LogP contribution in [-0.2, 0) is 17.8 Å². The van der Waals surface area contributed by atoms with Crippen LogP contribution in [0.25, 0.3) is 11.0 Å². The molecule has 0 aliphatic carbocycles. The van der Waals surface area contributed by atoms with Gasteiger partial charge in [0.15, 0.2) is 0 Å². The highest BCUT2D eigenvalue weighted by atomic mass is 35.5. The van der Waals surface area contributed by atoms with E-state index in [1.165, 1.54) is 0 Å². The zero-order valence-electron chi connectivity index (χ0n) is 15.9. The van der Waals surface area contributed by atoms with Gasteiger partial charge in [0.25, 0.3) is 5.91 Å². The third kappa shape index (κ3) is 4.31. The number of anilines is 1. The lowest BCUT2D eigenvalue weighted by Gasteiger charge is -2.09. The number of carbonyl (C=O) groups excluding carboxylic acids is 1. The molecule has 2 aromatic carbocycles. The van der Waals surface area contributed by atoms with Crippen LogP contribution in [0.3, 0.4) is 0 Å². The first-order valence-corrected chi connectivity index (χ1v) is 9.54. The molecule has 0 saturated heterocycles. The molecule has 0 bridgehead atoms. The fraction of sp³-hybridized carbons (Fsp3) is 0.190. The minimum Gasteiger partial charge on any atom is -0.383 e. The van der Waals surface area contributed by atoms with Gasteiger partial charge in [0.2, 0.25) is 0 Å². The standard InChI is InChI=1S/C21H20ClN5O2/c1-29-12-11-27-19-8-7-17(24-21(28)15-3-5-16(22)6-4-15)13-18(19)25-20(27)14-26-10-2-9-23-26/h2-10,13H,11-12,14H2,1H3,(H,24,28). The van der Waals surface area contributed by atoms with E-state index in [9.17, 15) is 4.79 Å². The zero-order valence-corrected chi connectivity index (χ0v) is 16.6. The average molecular weight is 410 g/mol. The number of fused-ring (bicyclic) bond motifs is 1. The van der Waals surface area contributed by atoms with Crippen molar-refractivity contribution in [2.24, 2.45) is 0 Å². The monoisotopic (exact) mass is 409 g/mol. The third-order valence-electron chi connectivity index (χ3n) is 4.57. The molecule has 2 heterocycles. The molecular weight excluding hydrogens is 390 g/mol. The molecule has 0 aliphatic rings. The van der Waals surface area contributed by atoms with Gasteiger partial charge in [-0.05, 0) is 48.5 Å². The van der Waals surface area contributed by atoms with E-state index in [0.717, 1.165) is 16.9 Å². The van der Waals surface area contributed by atoms with Gasteiger partial charge >= 0.3 is 0 Å². The number of halogens is 1. The molecule has 0 fully saturated rings.